The highest BCUT2D eigenvalue weighted by atomic mass is 31.2. The first-order chi connectivity index (χ1) is 16.5. The first-order valence-electron chi connectivity index (χ1n) is 11.3. The van der Waals surface area contributed by atoms with Crippen molar-refractivity contribution in [3.05, 3.63) is 32.6 Å². The van der Waals surface area contributed by atoms with Crippen LogP contribution in [0.2, 0.25) is 0 Å². The summed E-state index contributed by atoms with van der Waals surface area (Å²) in [4.78, 5) is 49.8. The second kappa shape index (κ2) is 12.6. The molecule has 1 aromatic heterocycles. The van der Waals surface area contributed by atoms with Crippen molar-refractivity contribution < 1.29 is 42.5 Å². The zero-order valence-corrected chi connectivity index (χ0v) is 21.3. The van der Waals surface area contributed by atoms with Gasteiger partial charge in [-0.15, -0.1) is 0 Å². The lowest BCUT2D eigenvalue weighted by Crippen LogP contribution is -2.42. The normalized spacial score (nSPS) is 23.2. The molecule has 14 heteroatoms. The summed E-state index contributed by atoms with van der Waals surface area (Å²) in [6.45, 7) is 6.87. The fourth-order valence-electron chi connectivity index (χ4n) is 3.92. The Bertz CT molecular complexity index is 1040. The van der Waals surface area contributed by atoms with Crippen molar-refractivity contribution in [2.45, 2.75) is 65.1 Å². The fraction of sp³-hybridized carbons (Fsp3) is 0.714. The first kappa shape index (κ1) is 28.9. The lowest BCUT2D eigenvalue weighted by Gasteiger charge is -2.28. The van der Waals surface area contributed by atoms with Gasteiger partial charge in [-0.1, -0.05) is 6.92 Å². The molecule has 0 saturated carbocycles. The largest absolute Gasteiger partial charge is 0.481 e. The number of hydrogen-bond donors (Lipinski definition) is 2. The van der Waals surface area contributed by atoms with Gasteiger partial charge in [0.2, 0.25) is 0 Å². The monoisotopic (exact) mass is 520 g/mol. The highest BCUT2D eigenvalue weighted by Gasteiger charge is 2.51. The lowest BCUT2D eigenvalue weighted by atomic mass is 9.99. The van der Waals surface area contributed by atoms with Crippen molar-refractivity contribution in [1.82, 2.24) is 9.55 Å². The number of aromatic nitrogens is 2. The number of methoxy groups -OCH3 is 1. The van der Waals surface area contributed by atoms with Gasteiger partial charge in [-0.2, -0.15) is 0 Å². The van der Waals surface area contributed by atoms with E-state index < -0.39 is 67.7 Å². The number of carbonyl (C=O) groups is 2. The molecule has 1 aromatic rings. The number of rotatable bonds is 13. The molecule has 2 N–H and O–H groups in total. The predicted molar refractivity (Wildman–Crippen MR) is 122 cm³/mol. The number of hydrogen-bond acceptors (Lipinski definition) is 10. The van der Waals surface area contributed by atoms with Crippen LogP contribution in [0.5, 0.6) is 0 Å². The zero-order chi connectivity index (χ0) is 26.3. The van der Waals surface area contributed by atoms with Gasteiger partial charge in [-0.05, 0) is 26.7 Å². The van der Waals surface area contributed by atoms with Crippen LogP contribution in [0, 0.1) is 12.8 Å². The Morgan fingerprint density at radius 3 is 2.37 bits per heavy atom. The standard InChI is InChI=1S/C21H33N2O11P/c1-6-31-35(29,32-7-2)11-13(4)16-17(33-15(26)9-8-14(24)25)18(30-5)20(34-16)23-10-12(3)19(27)22-21(23)28/h10,13,16-18,20H,6-9,11H2,1-5H3,(H,24,25)(H,22,27,28)/t13-,16+,17+,18+,20+/m0/s1. The quantitative estimate of drug-likeness (QED) is 0.285. The molecule has 198 valence electrons. The summed E-state index contributed by atoms with van der Waals surface area (Å²) in [6, 6.07) is 0. The molecule has 0 radical (unpaired) electrons. The number of ether oxygens (including phenoxy) is 3. The molecule has 1 fully saturated rings. The van der Waals surface area contributed by atoms with Crippen molar-refractivity contribution in [3.8, 4) is 0 Å². The SMILES string of the molecule is CCOP(=O)(C[C@H](C)[C@H]1O[C@@H](n2cc(C)c(=O)[nH]c2=O)[C@H](OC)[C@@H]1OC(=O)CCC(=O)O)OCC. The van der Waals surface area contributed by atoms with Gasteiger partial charge in [0.25, 0.3) is 5.56 Å². The van der Waals surface area contributed by atoms with E-state index >= 15 is 0 Å². The van der Waals surface area contributed by atoms with E-state index in [4.69, 9.17) is 28.4 Å². The molecule has 2 heterocycles. The number of carboxylic acids is 1. The van der Waals surface area contributed by atoms with E-state index in [1.165, 1.54) is 20.2 Å². The van der Waals surface area contributed by atoms with Crippen LogP contribution in [0.3, 0.4) is 0 Å². The van der Waals surface area contributed by atoms with Crippen LogP contribution in [-0.2, 0) is 37.4 Å². The van der Waals surface area contributed by atoms with Crippen molar-refractivity contribution in [3.63, 3.8) is 0 Å². The highest BCUT2D eigenvalue weighted by Crippen LogP contribution is 2.51. The second-order valence-corrected chi connectivity index (χ2v) is 10.2. The average molecular weight is 520 g/mol. The van der Waals surface area contributed by atoms with Gasteiger partial charge in [0.15, 0.2) is 12.3 Å². The van der Waals surface area contributed by atoms with Crippen LogP contribution in [0.4, 0.5) is 0 Å². The molecule has 0 spiro atoms. The van der Waals surface area contributed by atoms with Crippen molar-refractivity contribution >= 4 is 19.5 Å². The summed E-state index contributed by atoms with van der Waals surface area (Å²) in [5.74, 6) is -2.54. The molecule has 1 saturated heterocycles. The van der Waals surface area contributed by atoms with Gasteiger partial charge in [0.05, 0.1) is 32.2 Å². The Balaban J connectivity index is 2.43. The number of carbonyl (C=O) groups excluding carboxylic acids is 1. The number of H-pyrrole nitrogens is 1. The van der Waals surface area contributed by atoms with Crippen molar-refractivity contribution in [1.29, 1.82) is 0 Å². The maximum atomic E-state index is 13.1. The van der Waals surface area contributed by atoms with Gasteiger partial charge in [0, 0.05) is 18.9 Å². The molecule has 0 aliphatic carbocycles. The molecule has 2 rings (SSSR count). The molecule has 1 aliphatic rings. The van der Waals surface area contributed by atoms with Crippen LogP contribution in [0.15, 0.2) is 15.8 Å². The van der Waals surface area contributed by atoms with Crippen molar-refractivity contribution in [2.75, 3.05) is 26.5 Å². The van der Waals surface area contributed by atoms with Gasteiger partial charge in [-0.25, -0.2) is 4.79 Å². The molecule has 0 bridgehead atoms. The summed E-state index contributed by atoms with van der Waals surface area (Å²) >= 11 is 0. The maximum Gasteiger partial charge on any atom is 0.331 e. The van der Waals surface area contributed by atoms with Gasteiger partial charge in [-0.3, -0.25) is 28.5 Å². The van der Waals surface area contributed by atoms with Crippen molar-refractivity contribution in [2.24, 2.45) is 5.92 Å². The van der Waals surface area contributed by atoms with E-state index in [9.17, 15) is 23.7 Å². The lowest BCUT2D eigenvalue weighted by molar-refractivity contribution is -0.159. The van der Waals surface area contributed by atoms with E-state index in [0.29, 0.717) is 0 Å². The van der Waals surface area contributed by atoms with Crippen LogP contribution in [0.25, 0.3) is 0 Å². The average Bonchev–Trinajstić information content (AvgIpc) is 3.12. The number of esters is 1. The first-order valence-corrected chi connectivity index (χ1v) is 13.0. The third kappa shape index (κ3) is 7.34. The molecule has 0 aromatic carbocycles. The Kier molecular flexibility index (Phi) is 10.4. The highest BCUT2D eigenvalue weighted by molar-refractivity contribution is 7.53. The van der Waals surface area contributed by atoms with E-state index in [2.05, 4.69) is 4.98 Å². The van der Waals surface area contributed by atoms with Gasteiger partial charge < -0.3 is 28.4 Å². The molecule has 13 nitrogen and oxygen atoms in total. The molecule has 0 amide bonds. The minimum Gasteiger partial charge on any atom is -0.481 e. The maximum absolute atomic E-state index is 13.1. The smallest absolute Gasteiger partial charge is 0.331 e. The number of aryl methyl sites for hydroxylation is 1. The molecule has 1 aliphatic heterocycles. The number of nitrogens with zero attached hydrogens (tertiary/aromatic N) is 1. The Morgan fingerprint density at radius 2 is 1.83 bits per heavy atom. The van der Waals surface area contributed by atoms with Crippen LogP contribution in [-0.4, -0.2) is 71.4 Å². The Morgan fingerprint density at radius 1 is 1.20 bits per heavy atom. The van der Waals surface area contributed by atoms with E-state index in [-0.39, 0.29) is 31.4 Å². The van der Waals surface area contributed by atoms with E-state index in [0.717, 1.165) is 4.57 Å². The number of aliphatic carboxylic acids is 1. The van der Waals surface area contributed by atoms with Crippen LogP contribution in [0.1, 0.15) is 45.4 Å². The van der Waals surface area contributed by atoms with Gasteiger partial charge in [0.1, 0.15) is 12.2 Å². The zero-order valence-electron chi connectivity index (χ0n) is 20.4. The summed E-state index contributed by atoms with van der Waals surface area (Å²) < 4.78 is 42.2. The molecule has 5 atom stereocenters. The number of nitrogens with one attached hydrogen (secondary N) is 1. The Labute approximate surface area is 202 Å². The third-order valence-corrected chi connectivity index (χ3v) is 7.78. The second-order valence-electron chi connectivity index (χ2n) is 8.12. The van der Waals surface area contributed by atoms with E-state index in [1.807, 2.05) is 0 Å². The molecule has 35 heavy (non-hydrogen) atoms. The number of aromatic amines is 1. The predicted octanol–water partition coefficient (Wildman–Crippen LogP) is 1.44. The van der Waals surface area contributed by atoms with Crippen LogP contribution >= 0.6 is 7.60 Å². The molecular weight excluding hydrogens is 487 g/mol. The summed E-state index contributed by atoms with van der Waals surface area (Å²) in [5.41, 5.74) is -1.08. The summed E-state index contributed by atoms with van der Waals surface area (Å²) in [5, 5.41) is 8.88. The Hall–Kier alpha value is -2.31. The van der Waals surface area contributed by atoms with Crippen LogP contribution < -0.4 is 11.2 Å². The fourth-order valence-corrected chi connectivity index (χ4v) is 5.90. The number of carboxylic acid groups (broad SMARTS) is 1. The summed E-state index contributed by atoms with van der Waals surface area (Å²) in [6.07, 6.45) is -3.71. The minimum absolute atomic E-state index is 0.0781. The third-order valence-electron chi connectivity index (χ3n) is 5.45. The van der Waals surface area contributed by atoms with Gasteiger partial charge >= 0.3 is 25.2 Å². The topological polar surface area (TPSA) is 172 Å². The summed E-state index contributed by atoms with van der Waals surface area (Å²) in [7, 11) is -2.18. The minimum atomic E-state index is -3.51. The molecule has 0 unspecified atom stereocenters. The van der Waals surface area contributed by atoms with E-state index in [1.54, 1.807) is 20.8 Å². The molecular formula is C21H33N2O11P.